The van der Waals surface area contributed by atoms with Crippen molar-refractivity contribution in [2.45, 2.75) is 36.0 Å². The SMILES string of the molecule is CC(=O)c1ccnc(Sc2nnnn2C2CC2)c1. The van der Waals surface area contributed by atoms with Gasteiger partial charge in [-0.1, -0.05) is 0 Å². The van der Waals surface area contributed by atoms with Gasteiger partial charge >= 0.3 is 0 Å². The summed E-state index contributed by atoms with van der Waals surface area (Å²) in [5, 5.41) is 13.1. The van der Waals surface area contributed by atoms with Crippen molar-refractivity contribution in [2.75, 3.05) is 0 Å². The van der Waals surface area contributed by atoms with Crippen LogP contribution in [0.4, 0.5) is 0 Å². The van der Waals surface area contributed by atoms with Crippen molar-refractivity contribution in [1.29, 1.82) is 0 Å². The van der Waals surface area contributed by atoms with Crippen molar-refractivity contribution in [3.8, 4) is 0 Å². The number of nitrogens with zero attached hydrogens (tertiary/aromatic N) is 5. The van der Waals surface area contributed by atoms with E-state index in [1.807, 2.05) is 4.68 Å². The van der Waals surface area contributed by atoms with E-state index in [1.54, 1.807) is 18.3 Å². The number of tetrazole rings is 1. The lowest BCUT2D eigenvalue weighted by Crippen LogP contribution is -1.99. The van der Waals surface area contributed by atoms with Gasteiger partial charge in [-0.2, -0.15) is 0 Å². The molecule has 0 radical (unpaired) electrons. The van der Waals surface area contributed by atoms with Gasteiger partial charge in [0.25, 0.3) is 0 Å². The summed E-state index contributed by atoms with van der Waals surface area (Å²) in [6, 6.07) is 3.90. The van der Waals surface area contributed by atoms with Crippen LogP contribution in [0.1, 0.15) is 36.2 Å². The number of aromatic nitrogens is 5. The molecule has 92 valence electrons. The summed E-state index contributed by atoms with van der Waals surface area (Å²) in [4.78, 5) is 15.5. The van der Waals surface area contributed by atoms with Gasteiger partial charge in [-0.15, -0.1) is 5.10 Å². The molecule has 1 aliphatic rings. The molecule has 0 unspecified atom stereocenters. The molecule has 1 saturated carbocycles. The minimum atomic E-state index is 0.0287. The Morgan fingerprint density at radius 3 is 3.06 bits per heavy atom. The molecule has 0 amide bonds. The van der Waals surface area contributed by atoms with Crippen LogP contribution in [0.25, 0.3) is 0 Å². The fourth-order valence-electron chi connectivity index (χ4n) is 1.58. The van der Waals surface area contributed by atoms with E-state index in [9.17, 15) is 4.79 Å². The van der Waals surface area contributed by atoms with Gasteiger partial charge in [0, 0.05) is 11.8 Å². The fraction of sp³-hybridized carbons (Fsp3) is 0.364. The molecule has 1 aliphatic carbocycles. The first-order valence-electron chi connectivity index (χ1n) is 5.67. The molecule has 1 fully saturated rings. The number of ketones is 1. The molecular formula is C11H11N5OS. The summed E-state index contributed by atoms with van der Waals surface area (Å²) >= 11 is 1.38. The van der Waals surface area contributed by atoms with Crippen LogP contribution in [-0.2, 0) is 0 Å². The van der Waals surface area contributed by atoms with Crippen LogP contribution >= 0.6 is 11.8 Å². The molecule has 0 N–H and O–H groups in total. The standard InChI is InChI=1S/C11H11N5OS/c1-7(17)8-4-5-12-10(6-8)18-11-13-14-15-16(11)9-2-3-9/h4-6,9H,2-3H2,1H3. The highest BCUT2D eigenvalue weighted by Gasteiger charge is 2.28. The average molecular weight is 261 g/mol. The highest BCUT2D eigenvalue weighted by atomic mass is 32.2. The largest absolute Gasteiger partial charge is 0.295 e. The number of hydrogen-bond acceptors (Lipinski definition) is 6. The molecule has 0 bridgehead atoms. The summed E-state index contributed by atoms with van der Waals surface area (Å²) in [6.07, 6.45) is 3.88. The van der Waals surface area contributed by atoms with Crippen molar-refractivity contribution in [1.82, 2.24) is 25.2 Å². The van der Waals surface area contributed by atoms with E-state index in [4.69, 9.17) is 0 Å². The molecule has 3 rings (SSSR count). The van der Waals surface area contributed by atoms with Crippen LogP contribution in [-0.4, -0.2) is 31.0 Å². The Kier molecular flexibility index (Phi) is 2.83. The summed E-state index contributed by atoms with van der Waals surface area (Å²) < 4.78 is 1.83. The Labute approximate surface area is 108 Å². The Bertz CT molecular complexity index is 593. The van der Waals surface area contributed by atoms with Crippen LogP contribution in [0.2, 0.25) is 0 Å². The first kappa shape index (κ1) is 11.3. The third kappa shape index (κ3) is 2.26. The van der Waals surface area contributed by atoms with Crippen molar-refractivity contribution in [2.24, 2.45) is 0 Å². The first-order chi connectivity index (χ1) is 8.74. The third-order valence-electron chi connectivity index (χ3n) is 2.69. The molecule has 0 aromatic carbocycles. The predicted octanol–water partition coefficient (Wildman–Crippen LogP) is 1.76. The molecule has 0 atom stereocenters. The maximum atomic E-state index is 11.3. The fourth-order valence-corrected chi connectivity index (χ4v) is 2.42. The second-order valence-corrected chi connectivity index (χ2v) is 5.17. The van der Waals surface area contributed by atoms with Crippen molar-refractivity contribution >= 4 is 17.5 Å². The number of carbonyl (C=O) groups is 1. The molecule has 0 spiro atoms. The first-order valence-corrected chi connectivity index (χ1v) is 6.48. The number of carbonyl (C=O) groups excluding carboxylic acids is 1. The van der Waals surface area contributed by atoms with Crippen molar-refractivity contribution in [3.63, 3.8) is 0 Å². The molecule has 18 heavy (non-hydrogen) atoms. The lowest BCUT2D eigenvalue weighted by atomic mass is 10.2. The highest BCUT2D eigenvalue weighted by Crippen LogP contribution is 2.37. The van der Waals surface area contributed by atoms with Gasteiger partial charge in [-0.25, -0.2) is 9.67 Å². The zero-order valence-corrected chi connectivity index (χ0v) is 10.6. The van der Waals surface area contributed by atoms with Crippen LogP contribution in [0.3, 0.4) is 0 Å². The summed E-state index contributed by atoms with van der Waals surface area (Å²) in [5.41, 5.74) is 0.651. The number of pyridine rings is 1. The van der Waals surface area contributed by atoms with Crippen LogP contribution in [0.15, 0.2) is 28.5 Å². The topological polar surface area (TPSA) is 73.6 Å². The van der Waals surface area contributed by atoms with Gasteiger partial charge in [0.05, 0.1) is 6.04 Å². The number of hydrogen-bond donors (Lipinski definition) is 0. The highest BCUT2D eigenvalue weighted by molar-refractivity contribution is 7.99. The van der Waals surface area contributed by atoms with Gasteiger partial charge in [0.15, 0.2) is 5.78 Å². The molecule has 0 aliphatic heterocycles. The van der Waals surface area contributed by atoms with E-state index in [2.05, 4.69) is 20.5 Å². The minimum absolute atomic E-state index is 0.0287. The van der Waals surface area contributed by atoms with Gasteiger partial charge in [0.2, 0.25) is 5.16 Å². The van der Waals surface area contributed by atoms with E-state index in [0.717, 1.165) is 23.0 Å². The van der Waals surface area contributed by atoms with Crippen molar-refractivity contribution < 1.29 is 4.79 Å². The molecule has 0 saturated heterocycles. The van der Waals surface area contributed by atoms with E-state index in [0.29, 0.717) is 11.6 Å². The molecule has 7 heteroatoms. The zero-order valence-electron chi connectivity index (χ0n) is 9.78. The lowest BCUT2D eigenvalue weighted by Gasteiger charge is -2.02. The monoisotopic (exact) mass is 261 g/mol. The van der Waals surface area contributed by atoms with Gasteiger partial charge in [-0.3, -0.25) is 4.79 Å². The molecule has 6 nitrogen and oxygen atoms in total. The Morgan fingerprint density at radius 1 is 1.50 bits per heavy atom. The van der Waals surface area contributed by atoms with E-state index < -0.39 is 0 Å². The maximum absolute atomic E-state index is 11.3. The van der Waals surface area contributed by atoms with Crippen LogP contribution in [0.5, 0.6) is 0 Å². The van der Waals surface area contributed by atoms with Crippen LogP contribution in [0, 0.1) is 0 Å². The second kappa shape index (κ2) is 4.49. The summed E-state index contributed by atoms with van der Waals surface area (Å²) in [7, 11) is 0. The van der Waals surface area contributed by atoms with Crippen molar-refractivity contribution in [3.05, 3.63) is 23.9 Å². The Morgan fingerprint density at radius 2 is 2.33 bits per heavy atom. The smallest absolute Gasteiger partial charge is 0.215 e. The Hall–Kier alpha value is -1.76. The molecule has 2 aromatic rings. The van der Waals surface area contributed by atoms with Crippen LogP contribution < -0.4 is 0 Å². The average Bonchev–Trinajstić information content (AvgIpc) is 3.11. The quantitative estimate of drug-likeness (QED) is 0.781. The normalized spacial score (nSPS) is 14.7. The summed E-state index contributed by atoms with van der Waals surface area (Å²) in [6.45, 7) is 1.54. The number of rotatable bonds is 4. The van der Waals surface area contributed by atoms with E-state index in [1.165, 1.54) is 18.7 Å². The molecular weight excluding hydrogens is 250 g/mol. The number of Topliss-reactive ketones (excluding diaryl/α,β-unsaturated/α-hetero) is 1. The van der Waals surface area contributed by atoms with E-state index in [-0.39, 0.29) is 5.78 Å². The second-order valence-electron chi connectivity index (χ2n) is 4.18. The molecule has 2 aromatic heterocycles. The van der Waals surface area contributed by atoms with Gasteiger partial charge in [0.1, 0.15) is 5.03 Å². The van der Waals surface area contributed by atoms with Gasteiger partial charge < -0.3 is 0 Å². The molecule has 2 heterocycles. The van der Waals surface area contributed by atoms with E-state index >= 15 is 0 Å². The maximum Gasteiger partial charge on any atom is 0.215 e. The summed E-state index contributed by atoms with van der Waals surface area (Å²) in [5.74, 6) is 0.0287. The predicted molar refractivity (Wildman–Crippen MR) is 64.5 cm³/mol. The minimum Gasteiger partial charge on any atom is -0.295 e. The Balaban J connectivity index is 1.85. The van der Waals surface area contributed by atoms with Gasteiger partial charge in [-0.05, 0) is 54.1 Å². The zero-order chi connectivity index (χ0) is 12.5. The lowest BCUT2D eigenvalue weighted by molar-refractivity contribution is 0.101. The third-order valence-corrected chi connectivity index (χ3v) is 3.58.